The molecular formula is C12H22N2O4. The second-order valence-corrected chi connectivity index (χ2v) is 4.88. The van der Waals surface area contributed by atoms with Gasteiger partial charge in [0.2, 0.25) is 5.91 Å². The Labute approximate surface area is 107 Å². The van der Waals surface area contributed by atoms with Gasteiger partial charge in [0.05, 0.1) is 19.3 Å². The van der Waals surface area contributed by atoms with Gasteiger partial charge in [-0.15, -0.1) is 0 Å². The quantitative estimate of drug-likeness (QED) is 0.595. The predicted octanol–water partition coefficient (Wildman–Crippen LogP) is -0.0327. The van der Waals surface area contributed by atoms with Gasteiger partial charge >= 0.3 is 5.97 Å². The lowest BCUT2D eigenvalue weighted by molar-refractivity contribution is -0.142. The number of hydrogen-bond acceptors (Lipinski definition) is 4. The van der Waals surface area contributed by atoms with Crippen molar-refractivity contribution in [2.75, 3.05) is 19.8 Å². The monoisotopic (exact) mass is 258 g/mol. The highest BCUT2D eigenvalue weighted by atomic mass is 16.5. The SMILES string of the molecule is CC(CCN)CCC(=O)NC1COCC1C(=O)O. The summed E-state index contributed by atoms with van der Waals surface area (Å²) in [6.07, 6.45) is 2.08. The third-order valence-corrected chi connectivity index (χ3v) is 3.27. The average molecular weight is 258 g/mol. The third kappa shape index (κ3) is 4.62. The van der Waals surface area contributed by atoms with Gasteiger partial charge < -0.3 is 20.9 Å². The largest absolute Gasteiger partial charge is 0.481 e. The van der Waals surface area contributed by atoms with Gasteiger partial charge in [-0.3, -0.25) is 9.59 Å². The molecule has 6 heteroatoms. The number of hydrogen-bond donors (Lipinski definition) is 3. The molecule has 0 bridgehead atoms. The van der Waals surface area contributed by atoms with E-state index < -0.39 is 17.9 Å². The first-order chi connectivity index (χ1) is 8.54. The van der Waals surface area contributed by atoms with Crippen molar-refractivity contribution in [3.63, 3.8) is 0 Å². The van der Waals surface area contributed by atoms with Crippen molar-refractivity contribution in [1.82, 2.24) is 5.32 Å². The lowest BCUT2D eigenvalue weighted by atomic mass is 10.0. The minimum atomic E-state index is -0.922. The zero-order valence-corrected chi connectivity index (χ0v) is 10.7. The minimum Gasteiger partial charge on any atom is -0.481 e. The molecule has 1 fully saturated rings. The number of ether oxygens (including phenoxy) is 1. The Balaban J connectivity index is 2.29. The molecule has 0 aromatic rings. The molecule has 1 aliphatic rings. The Morgan fingerprint density at radius 1 is 1.44 bits per heavy atom. The number of rotatable bonds is 7. The highest BCUT2D eigenvalue weighted by Crippen LogP contribution is 2.15. The standard InChI is InChI=1S/C12H22N2O4/c1-8(4-5-13)2-3-11(15)14-10-7-18-6-9(10)12(16)17/h8-10H,2-7,13H2,1H3,(H,14,15)(H,16,17). The molecule has 0 spiro atoms. The molecule has 104 valence electrons. The summed E-state index contributed by atoms with van der Waals surface area (Å²) in [6.45, 7) is 3.13. The fourth-order valence-corrected chi connectivity index (χ4v) is 2.03. The number of nitrogens with two attached hydrogens (primary N) is 1. The number of aliphatic carboxylic acids is 1. The topological polar surface area (TPSA) is 102 Å². The van der Waals surface area contributed by atoms with Gasteiger partial charge in [0.15, 0.2) is 0 Å². The zero-order chi connectivity index (χ0) is 13.5. The fraction of sp³-hybridized carbons (Fsp3) is 0.833. The van der Waals surface area contributed by atoms with Crippen LogP contribution < -0.4 is 11.1 Å². The van der Waals surface area contributed by atoms with Crippen LogP contribution in [0.2, 0.25) is 0 Å². The van der Waals surface area contributed by atoms with Crippen molar-refractivity contribution in [2.24, 2.45) is 17.6 Å². The zero-order valence-electron chi connectivity index (χ0n) is 10.7. The van der Waals surface area contributed by atoms with E-state index in [0.29, 0.717) is 18.9 Å². The Morgan fingerprint density at radius 2 is 2.17 bits per heavy atom. The number of carbonyl (C=O) groups is 2. The van der Waals surface area contributed by atoms with Gasteiger partial charge in [-0.1, -0.05) is 6.92 Å². The summed E-state index contributed by atoms with van der Waals surface area (Å²) in [5.74, 6) is -1.25. The Hall–Kier alpha value is -1.14. The van der Waals surface area contributed by atoms with E-state index in [4.69, 9.17) is 15.6 Å². The van der Waals surface area contributed by atoms with Crippen molar-refractivity contribution in [1.29, 1.82) is 0 Å². The maximum atomic E-state index is 11.7. The maximum Gasteiger partial charge on any atom is 0.311 e. The molecule has 1 rings (SSSR count). The van der Waals surface area contributed by atoms with E-state index in [9.17, 15) is 9.59 Å². The van der Waals surface area contributed by atoms with Crippen molar-refractivity contribution in [3.05, 3.63) is 0 Å². The summed E-state index contributed by atoms with van der Waals surface area (Å²) < 4.78 is 5.08. The average Bonchev–Trinajstić information content (AvgIpc) is 2.75. The van der Waals surface area contributed by atoms with Crippen LogP contribution in [-0.2, 0) is 14.3 Å². The van der Waals surface area contributed by atoms with Gasteiger partial charge in [-0.25, -0.2) is 0 Å². The lowest BCUT2D eigenvalue weighted by Crippen LogP contribution is -2.42. The molecule has 0 aromatic heterocycles. The molecule has 3 atom stereocenters. The number of carbonyl (C=O) groups excluding carboxylic acids is 1. The summed E-state index contributed by atoms with van der Waals surface area (Å²) in [6, 6.07) is -0.403. The van der Waals surface area contributed by atoms with Crippen LogP contribution in [0.15, 0.2) is 0 Å². The fourth-order valence-electron chi connectivity index (χ4n) is 2.03. The van der Waals surface area contributed by atoms with Gasteiger partial charge in [0.25, 0.3) is 0 Å². The molecule has 3 unspecified atom stereocenters. The first kappa shape index (κ1) is 14.9. The summed E-state index contributed by atoms with van der Waals surface area (Å²) in [7, 11) is 0. The van der Waals surface area contributed by atoms with Gasteiger partial charge in [0.1, 0.15) is 5.92 Å². The normalized spacial score (nSPS) is 24.8. The van der Waals surface area contributed by atoms with E-state index in [0.717, 1.165) is 12.8 Å². The van der Waals surface area contributed by atoms with Crippen LogP contribution in [0, 0.1) is 11.8 Å². The summed E-state index contributed by atoms with van der Waals surface area (Å²) in [4.78, 5) is 22.6. The molecule has 1 amide bonds. The summed E-state index contributed by atoms with van der Waals surface area (Å²) in [5, 5.41) is 11.7. The first-order valence-corrected chi connectivity index (χ1v) is 6.34. The molecule has 18 heavy (non-hydrogen) atoms. The highest BCUT2D eigenvalue weighted by molar-refractivity contribution is 5.78. The van der Waals surface area contributed by atoms with E-state index in [-0.39, 0.29) is 19.1 Å². The minimum absolute atomic E-state index is 0.111. The molecule has 0 saturated carbocycles. The number of carboxylic acid groups (broad SMARTS) is 1. The maximum absolute atomic E-state index is 11.7. The van der Waals surface area contributed by atoms with Crippen LogP contribution in [-0.4, -0.2) is 42.8 Å². The van der Waals surface area contributed by atoms with E-state index in [1.165, 1.54) is 0 Å². The molecule has 0 radical (unpaired) electrons. The number of carboxylic acids is 1. The molecule has 0 aliphatic carbocycles. The second kappa shape index (κ2) is 7.33. The van der Waals surface area contributed by atoms with Crippen molar-refractivity contribution in [2.45, 2.75) is 32.2 Å². The Kier molecular flexibility index (Phi) is 6.07. The second-order valence-electron chi connectivity index (χ2n) is 4.88. The lowest BCUT2D eigenvalue weighted by Gasteiger charge is -2.16. The third-order valence-electron chi connectivity index (χ3n) is 3.27. The van der Waals surface area contributed by atoms with Crippen LogP contribution in [0.5, 0.6) is 0 Å². The molecule has 1 heterocycles. The van der Waals surface area contributed by atoms with Crippen LogP contribution in [0.3, 0.4) is 0 Å². The van der Waals surface area contributed by atoms with E-state index >= 15 is 0 Å². The van der Waals surface area contributed by atoms with Crippen LogP contribution in [0.1, 0.15) is 26.2 Å². The van der Waals surface area contributed by atoms with E-state index in [1.807, 2.05) is 0 Å². The Morgan fingerprint density at radius 3 is 2.78 bits per heavy atom. The van der Waals surface area contributed by atoms with Crippen LogP contribution in [0.25, 0.3) is 0 Å². The molecular weight excluding hydrogens is 236 g/mol. The van der Waals surface area contributed by atoms with Crippen molar-refractivity contribution < 1.29 is 19.4 Å². The van der Waals surface area contributed by atoms with Crippen molar-refractivity contribution >= 4 is 11.9 Å². The van der Waals surface area contributed by atoms with Gasteiger partial charge in [-0.2, -0.15) is 0 Å². The van der Waals surface area contributed by atoms with Gasteiger partial charge in [0, 0.05) is 6.42 Å². The number of nitrogens with one attached hydrogen (secondary N) is 1. The van der Waals surface area contributed by atoms with E-state index in [2.05, 4.69) is 12.2 Å². The first-order valence-electron chi connectivity index (χ1n) is 6.34. The molecule has 1 saturated heterocycles. The number of amides is 1. The van der Waals surface area contributed by atoms with Crippen LogP contribution in [0.4, 0.5) is 0 Å². The van der Waals surface area contributed by atoms with E-state index in [1.54, 1.807) is 0 Å². The van der Waals surface area contributed by atoms with Crippen molar-refractivity contribution in [3.8, 4) is 0 Å². The Bertz CT molecular complexity index is 296. The molecule has 4 N–H and O–H groups in total. The summed E-state index contributed by atoms with van der Waals surface area (Å²) >= 11 is 0. The summed E-state index contributed by atoms with van der Waals surface area (Å²) in [5.41, 5.74) is 5.44. The predicted molar refractivity (Wildman–Crippen MR) is 65.9 cm³/mol. The highest BCUT2D eigenvalue weighted by Gasteiger charge is 2.34. The van der Waals surface area contributed by atoms with Gasteiger partial charge in [-0.05, 0) is 25.3 Å². The molecule has 0 aromatic carbocycles. The smallest absolute Gasteiger partial charge is 0.311 e. The molecule has 6 nitrogen and oxygen atoms in total. The van der Waals surface area contributed by atoms with Crippen LogP contribution >= 0.6 is 0 Å². The molecule has 1 aliphatic heterocycles.